The Morgan fingerprint density at radius 1 is 1.20 bits per heavy atom. The zero-order valence-corrected chi connectivity index (χ0v) is 11.0. The lowest BCUT2D eigenvalue weighted by Gasteiger charge is -2.11. The largest absolute Gasteiger partial charge is 0.372 e. The monoisotopic (exact) mass is 277 g/mol. The second-order valence-electron chi connectivity index (χ2n) is 4.21. The molecule has 1 aromatic carbocycles. The molecule has 0 aliphatic carbocycles. The maximum atomic E-state index is 13.2. The number of hydrogen-bond donors (Lipinski definition) is 2. The fourth-order valence-electron chi connectivity index (χ4n) is 1.77. The highest BCUT2D eigenvalue weighted by molar-refractivity contribution is 6.07. The van der Waals surface area contributed by atoms with Crippen LogP contribution in [0.5, 0.6) is 0 Å². The van der Waals surface area contributed by atoms with Crippen LogP contribution >= 0.6 is 0 Å². The third-order valence-electron chi connectivity index (χ3n) is 2.77. The van der Waals surface area contributed by atoms with Gasteiger partial charge in [-0.1, -0.05) is 0 Å². The molecule has 2 rings (SSSR count). The Labute approximate surface area is 114 Å². The fraction of sp³-hybridized carbons (Fsp3) is 0.143. The minimum atomic E-state index is -0.607. The van der Waals surface area contributed by atoms with Crippen LogP contribution in [-0.2, 0) is 0 Å². The van der Waals surface area contributed by atoms with E-state index in [1.807, 2.05) is 0 Å². The van der Waals surface area contributed by atoms with E-state index in [2.05, 4.69) is 15.6 Å². The van der Waals surface area contributed by atoms with Crippen LogP contribution < -0.4 is 10.6 Å². The quantitative estimate of drug-likeness (QED) is 0.907. The van der Waals surface area contributed by atoms with Crippen LogP contribution in [0, 0.1) is 18.6 Å². The highest BCUT2D eigenvalue weighted by atomic mass is 19.1. The Morgan fingerprint density at radius 2 is 1.95 bits per heavy atom. The van der Waals surface area contributed by atoms with Gasteiger partial charge in [0.25, 0.3) is 5.91 Å². The van der Waals surface area contributed by atoms with E-state index in [1.165, 1.54) is 18.2 Å². The molecule has 20 heavy (non-hydrogen) atoms. The summed E-state index contributed by atoms with van der Waals surface area (Å²) >= 11 is 0. The standard InChI is InChI=1S/C14H13F2N3O/c1-8-5-9(15)3-4-12(8)19-14(20)11-6-10(16)7-18-13(11)17-2/h3-7H,1-2H3,(H,17,18)(H,19,20). The van der Waals surface area contributed by atoms with Gasteiger partial charge in [0, 0.05) is 12.7 Å². The maximum absolute atomic E-state index is 13.2. The van der Waals surface area contributed by atoms with Crippen LogP contribution in [0.25, 0.3) is 0 Å². The van der Waals surface area contributed by atoms with Gasteiger partial charge in [0.15, 0.2) is 0 Å². The number of nitrogens with one attached hydrogen (secondary N) is 2. The van der Waals surface area contributed by atoms with Crippen molar-refractivity contribution in [2.75, 3.05) is 17.7 Å². The van der Waals surface area contributed by atoms with Crippen LogP contribution in [0.2, 0.25) is 0 Å². The lowest BCUT2D eigenvalue weighted by Crippen LogP contribution is -2.16. The number of hydrogen-bond acceptors (Lipinski definition) is 3. The number of carbonyl (C=O) groups is 1. The van der Waals surface area contributed by atoms with Gasteiger partial charge in [0.2, 0.25) is 0 Å². The summed E-state index contributed by atoms with van der Waals surface area (Å²) in [5.74, 6) is -1.24. The Bertz CT molecular complexity index is 659. The van der Waals surface area contributed by atoms with Crippen LogP contribution in [-0.4, -0.2) is 17.9 Å². The van der Waals surface area contributed by atoms with Gasteiger partial charge in [0.1, 0.15) is 17.5 Å². The van der Waals surface area contributed by atoms with Gasteiger partial charge in [0.05, 0.1) is 11.8 Å². The number of pyridine rings is 1. The molecule has 104 valence electrons. The van der Waals surface area contributed by atoms with Crippen molar-refractivity contribution in [1.82, 2.24) is 4.98 Å². The molecule has 0 spiro atoms. The molecular weight excluding hydrogens is 264 g/mol. The smallest absolute Gasteiger partial charge is 0.259 e. The molecule has 4 nitrogen and oxygen atoms in total. The Morgan fingerprint density at radius 3 is 2.60 bits per heavy atom. The summed E-state index contributed by atoms with van der Waals surface area (Å²) in [7, 11) is 1.58. The van der Waals surface area contributed by atoms with E-state index in [0.717, 1.165) is 12.3 Å². The zero-order chi connectivity index (χ0) is 14.7. The minimum absolute atomic E-state index is 0.0798. The molecule has 0 aliphatic heterocycles. The first-order chi connectivity index (χ1) is 9.51. The summed E-state index contributed by atoms with van der Waals surface area (Å²) in [5, 5.41) is 5.32. The number of halogens is 2. The van der Waals surface area contributed by atoms with Crippen molar-refractivity contribution in [3.05, 3.63) is 53.2 Å². The molecule has 0 unspecified atom stereocenters. The molecular formula is C14H13F2N3O. The molecule has 1 amide bonds. The second kappa shape index (κ2) is 5.64. The van der Waals surface area contributed by atoms with E-state index >= 15 is 0 Å². The number of nitrogens with zero attached hydrogens (tertiary/aromatic N) is 1. The highest BCUT2D eigenvalue weighted by Gasteiger charge is 2.14. The number of rotatable bonds is 3. The van der Waals surface area contributed by atoms with E-state index < -0.39 is 11.7 Å². The number of benzene rings is 1. The molecule has 0 bridgehead atoms. The topological polar surface area (TPSA) is 54.0 Å². The SMILES string of the molecule is CNc1ncc(F)cc1C(=O)Nc1ccc(F)cc1C. The van der Waals surface area contributed by atoms with Gasteiger partial charge in [-0.3, -0.25) is 4.79 Å². The Balaban J connectivity index is 2.30. The summed E-state index contributed by atoms with van der Waals surface area (Å²) in [6.45, 7) is 1.67. The van der Waals surface area contributed by atoms with Crippen LogP contribution in [0.4, 0.5) is 20.3 Å². The second-order valence-corrected chi connectivity index (χ2v) is 4.21. The summed E-state index contributed by atoms with van der Waals surface area (Å²) in [5.41, 5.74) is 1.12. The highest BCUT2D eigenvalue weighted by Crippen LogP contribution is 2.19. The normalized spacial score (nSPS) is 10.2. The molecule has 1 aromatic heterocycles. The summed E-state index contributed by atoms with van der Waals surface area (Å²) in [6.07, 6.45) is 1.02. The summed E-state index contributed by atoms with van der Waals surface area (Å²) < 4.78 is 26.2. The van der Waals surface area contributed by atoms with Crippen molar-refractivity contribution in [2.24, 2.45) is 0 Å². The number of anilines is 2. The van der Waals surface area contributed by atoms with Crippen molar-refractivity contribution in [3.8, 4) is 0 Å². The van der Waals surface area contributed by atoms with Gasteiger partial charge in [-0.25, -0.2) is 13.8 Å². The fourth-order valence-corrected chi connectivity index (χ4v) is 1.77. The first-order valence-corrected chi connectivity index (χ1v) is 5.92. The lowest BCUT2D eigenvalue weighted by molar-refractivity contribution is 0.102. The van der Waals surface area contributed by atoms with Gasteiger partial charge in [-0.05, 0) is 36.8 Å². The zero-order valence-electron chi connectivity index (χ0n) is 11.0. The van der Waals surface area contributed by atoms with E-state index in [-0.39, 0.29) is 17.2 Å². The van der Waals surface area contributed by atoms with E-state index in [0.29, 0.717) is 11.3 Å². The maximum Gasteiger partial charge on any atom is 0.259 e. The van der Waals surface area contributed by atoms with E-state index in [9.17, 15) is 13.6 Å². The van der Waals surface area contributed by atoms with Crippen molar-refractivity contribution in [1.29, 1.82) is 0 Å². The average molecular weight is 277 g/mol. The minimum Gasteiger partial charge on any atom is -0.372 e. The van der Waals surface area contributed by atoms with Gasteiger partial charge in [-0.2, -0.15) is 0 Å². The van der Waals surface area contributed by atoms with Crippen LogP contribution in [0.15, 0.2) is 30.5 Å². The van der Waals surface area contributed by atoms with Crippen molar-refractivity contribution < 1.29 is 13.6 Å². The summed E-state index contributed by atoms with van der Waals surface area (Å²) in [6, 6.07) is 5.09. The molecule has 0 fully saturated rings. The molecule has 6 heteroatoms. The van der Waals surface area contributed by atoms with E-state index in [4.69, 9.17) is 0 Å². The molecule has 1 heterocycles. The summed E-state index contributed by atoms with van der Waals surface area (Å²) in [4.78, 5) is 15.9. The van der Waals surface area contributed by atoms with Gasteiger partial charge >= 0.3 is 0 Å². The number of carbonyl (C=O) groups excluding carboxylic acids is 1. The van der Waals surface area contributed by atoms with Gasteiger partial charge in [-0.15, -0.1) is 0 Å². The molecule has 2 N–H and O–H groups in total. The van der Waals surface area contributed by atoms with Crippen molar-refractivity contribution in [3.63, 3.8) is 0 Å². The lowest BCUT2D eigenvalue weighted by atomic mass is 10.1. The van der Waals surface area contributed by atoms with Crippen LogP contribution in [0.3, 0.4) is 0 Å². The van der Waals surface area contributed by atoms with Crippen molar-refractivity contribution in [2.45, 2.75) is 6.92 Å². The van der Waals surface area contributed by atoms with E-state index in [1.54, 1.807) is 14.0 Å². The predicted molar refractivity (Wildman–Crippen MR) is 72.8 cm³/mol. The third-order valence-corrected chi connectivity index (χ3v) is 2.77. The van der Waals surface area contributed by atoms with Crippen molar-refractivity contribution >= 4 is 17.4 Å². The third kappa shape index (κ3) is 2.90. The number of amides is 1. The average Bonchev–Trinajstić information content (AvgIpc) is 2.41. The first kappa shape index (κ1) is 13.9. The predicted octanol–water partition coefficient (Wildman–Crippen LogP) is 2.96. The molecule has 0 saturated carbocycles. The molecule has 0 aliphatic rings. The Kier molecular flexibility index (Phi) is 3.93. The molecule has 0 atom stereocenters. The molecule has 0 saturated heterocycles. The number of aromatic nitrogens is 1. The first-order valence-electron chi connectivity index (χ1n) is 5.92. The number of aryl methyl sites for hydroxylation is 1. The van der Waals surface area contributed by atoms with Crippen LogP contribution in [0.1, 0.15) is 15.9 Å². The van der Waals surface area contributed by atoms with Gasteiger partial charge < -0.3 is 10.6 Å². The Hall–Kier alpha value is -2.50. The molecule has 2 aromatic rings. The molecule has 0 radical (unpaired) electrons.